The number of rotatable bonds is 4. The quantitative estimate of drug-likeness (QED) is 0.844. The molecule has 22 heavy (non-hydrogen) atoms. The van der Waals surface area contributed by atoms with Crippen LogP contribution in [0.3, 0.4) is 0 Å². The molecule has 1 saturated heterocycles. The molecule has 3 atom stereocenters. The van der Waals surface area contributed by atoms with Gasteiger partial charge in [-0.1, -0.05) is 6.42 Å². The first-order valence-corrected chi connectivity index (χ1v) is 9.84. The minimum atomic E-state index is -3.06. The highest BCUT2D eigenvalue weighted by atomic mass is 32.2. The molecule has 0 amide bonds. The molecule has 0 aromatic carbocycles. The van der Waals surface area contributed by atoms with Crippen molar-refractivity contribution in [2.24, 2.45) is 11.8 Å². The summed E-state index contributed by atoms with van der Waals surface area (Å²) in [7, 11) is -0.899. The van der Waals surface area contributed by atoms with E-state index in [1.807, 2.05) is 24.5 Å². The Hall–Kier alpha value is -0.980. The number of pyridine rings is 1. The van der Waals surface area contributed by atoms with Crippen molar-refractivity contribution in [2.45, 2.75) is 31.8 Å². The lowest BCUT2D eigenvalue weighted by Gasteiger charge is -2.39. The average molecular weight is 323 g/mol. The lowest BCUT2D eigenvalue weighted by atomic mass is 9.77. The fourth-order valence-corrected chi connectivity index (χ4v) is 5.02. The van der Waals surface area contributed by atoms with Crippen LogP contribution in [0.1, 0.15) is 24.8 Å². The van der Waals surface area contributed by atoms with Crippen LogP contribution in [-0.4, -0.2) is 55.0 Å². The predicted octanol–water partition coefficient (Wildman–Crippen LogP) is 1.57. The molecule has 122 valence electrons. The maximum Gasteiger partial charge on any atom is 0.211 e. The molecule has 1 aromatic heterocycles. The lowest BCUT2D eigenvalue weighted by molar-refractivity contribution is 0.106. The van der Waals surface area contributed by atoms with Gasteiger partial charge in [-0.3, -0.25) is 9.88 Å². The fraction of sp³-hybridized carbons (Fsp3) is 0.688. The Labute approximate surface area is 133 Å². The van der Waals surface area contributed by atoms with Gasteiger partial charge in [-0.2, -0.15) is 0 Å². The molecule has 1 unspecified atom stereocenters. The van der Waals surface area contributed by atoms with Gasteiger partial charge < -0.3 is 0 Å². The van der Waals surface area contributed by atoms with E-state index in [-0.39, 0.29) is 0 Å². The fourth-order valence-electron chi connectivity index (χ4n) is 4.11. The van der Waals surface area contributed by atoms with Gasteiger partial charge >= 0.3 is 0 Å². The highest BCUT2D eigenvalue weighted by molar-refractivity contribution is 7.88. The molecule has 0 spiro atoms. The molecule has 1 aliphatic carbocycles. The summed E-state index contributed by atoms with van der Waals surface area (Å²) in [4.78, 5) is 6.46. The van der Waals surface area contributed by atoms with Crippen molar-refractivity contribution in [1.29, 1.82) is 0 Å². The zero-order valence-corrected chi connectivity index (χ0v) is 14.2. The smallest absolute Gasteiger partial charge is 0.211 e. The van der Waals surface area contributed by atoms with Crippen LogP contribution in [0.4, 0.5) is 0 Å². The summed E-state index contributed by atoms with van der Waals surface area (Å²) < 4.78 is 25.4. The first-order chi connectivity index (χ1) is 10.4. The minimum absolute atomic E-state index is 0.468. The molecule has 0 radical (unpaired) electrons. The van der Waals surface area contributed by atoms with Crippen LogP contribution in [0.15, 0.2) is 24.5 Å². The van der Waals surface area contributed by atoms with E-state index in [0.717, 1.165) is 13.0 Å². The highest BCUT2D eigenvalue weighted by Gasteiger charge is 2.43. The Morgan fingerprint density at radius 1 is 1.27 bits per heavy atom. The summed E-state index contributed by atoms with van der Waals surface area (Å²) in [5.74, 6) is 0.990. The lowest BCUT2D eigenvalue weighted by Crippen LogP contribution is -2.43. The van der Waals surface area contributed by atoms with Crippen LogP contribution in [0, 0.1) is 11.8 Å². The number of fused-ring (bicyclic) bond motifs is 1. The van der Waals surface area contributed by atoms with Crippen molar-refractivity contribution in [3.8, 4) is 0 Å². The second-order valence-corrected chi connectivity index (χ2v) is 8.76. The number of nitrogens with zero attached hydrogens (tertiary/aromatic N) is 3. The van der Waals surface area contributed by atoms with Gasteiger partial charge in [0.25, 0.3) is 0 Å². The number of aromatic nitrogens is 1. The van der Waals surface area contributed by atoms with Gasteiger partial charge in [0.2, 0.25) is 10.0 Å². The standard InChI is InChI=1S/C16H25N3O2S/c1-18(10-13-6-8-17-9-7-13)16-5-3-4-14-11-19(12-15(14)16)22(2,20)21/h6-9,14-16H,3-5,10-12H2,1-2H3/t14-,15+,16?/m1/s1. The van der Waals surface area contributed by atoms with Crippen molar-refractivity contribution in [3.63, 3.8) is 0 Å². The molecular formula is C16H25N3O2S. The molecule has 1 saturated carbocycles. The van der Waals surface area contributed by atoms with Crippen molar-refractivity contribution in [2.75, 3.05) is 26.4 Å². The Bertz CT molecular complexity index is 605. The summed E-state index contributed by atoms with van der Waals surface area (Å²) >= 11 is 0. The number of sulfonamides is 1. The van der Waals surface area contributed by atoms with Gasteiger partial charge in [0.05, 0.1) is 6.26 Å². The third-order valence-corrected chi connectivity index (χ3v) is 6.48. The first-order valence-electron chi connectivity index (χ1n) is 7.99. The molecule has 5 nitrogen and oxygen atoms in total. The monoisotopic (exact) mass is 323 g/mol. The molecule has 2 aliphatic rings. The predicted molar refractivity (Wildman–Crippen MR) is 86.7 cm³/mol. The number of hydrogen-bond acceptors (Lipinski definition) is 4. The van der Waals surface area contributed by atoms with Crippen molar-refractivity contribution in [1.82, 2.24) is 14.2 Å². The summed E-state index contributed by atoms with van der Waals surface area (Å²) in [5, 5.41) is 0. The summed E-state index contributed by atoms with van der Waals surface area (Å²) in [6.07, 6.45) is 8.52. The largest absolute Gasteiger partial charge is 0.299 e. The third-order valence-electron chi connectivity index (χ3n) is 5.24. The zero-order valence-electron chi connectivity index (χ0n) is 13.4. The van der Waals surface area contributed by atoms with Crippen LogP contribution in [0.2, 0.25) is 0 Å². The van der Waals surface area contributed by atoms with E-state index in [4.69, 9.17) is 0 Å². The third kappa shape index (κ3) is 3.34. The van der Waals surface area contributed by atoms with Crippen molar-refractivity contribution < 1.29 is 8.42 Å². The van der Waals surface area contributed by atoms with Crippen LogP contribution in [0.25, 0.3) is 0 Å². The summed E-state index contributed by atoms with van der Waals surface area (Å²) in [6, 6.07) is 4.57. The zero-order chi connectivity index (χ0) is 15.7. The van der Waals surface area contributed by atoms with E-state index in [2.05, 4.69) is 16.9 Å². The van der Waals surface area contributed by atoms with Crippen LogP contribution in [0.5, 0.6) is 0 Å². The van der Waals surface area contributed by atoms with Gasteiger partial charge in [0.15, 0.2) is 0 Å². The molecule has 2 fully saturated rings. The first kappa shape index (κ1) is 15.9. The average Bonchev–Trinajstić information content (AvgIpc) is 2.92. The molecule has 2 heterocycles. The van der Waals surface area contributed by atoms with Gasteiger partial charge in [-0.05, 0) is 49.4 Å². The van der Waals surface area contributed by atoms with E-state index in [1.165, 1.54) is 24.7 Å². The van der Waals surface area contributed by atoms with Crippen molar-refractivity contribution in [3.05, 3.63) is 30.1 Å². The topological polar surface area (TPSA) is 53.5 Å². The highest BCUT2D eigenvalue weighted by Crippen LogP contribution is 2.39. The second-order valence-electron chi connectivity index (χ2n) is 6.77. The van der Waals surface area contributed by atoms with Gasteiger partial charge in [-0.25, -0.2) is 12.7 Å². The summed E-state index contributed by atoms with van der Waals surface area (Å²) in [5.41, 5.74) is 1.26. The van der Waals surface area contributed by atoms with Crippen LogP contribution < -0.4 is 0 Å². The Kier molecular flexibility index (Phi) is 4.52. The Morgan fingerprint density at radius 2 is 2.00 bits per heavy atom. The molecule has 1 aromatic rings. The Balaban J connectivity index is 1.71. The second kappa shape index (κ2) is 6.26. The van der Waals surface area contributed by atoms with E-state index in [9.17, 15) is 8.42 Å². The normalized spacial score (nSPS) is 29.7. The molecular weight excluding hydrogens is 298 g/mol. The molecule has 0 bridgehead atoms. The maximum atomic E-state index is 11.8. The molecule has 3 rings (SSSR count). The van der Waals surface area contributed by atoms with E-state index in [0.29, 0.717) is 31.0 Å². The maximum absolute atomic E-state index is 11.8. The molecule has 0 N–H and O–H groups in total. The SMILES string of the molecule is CN(Cc1ccncc1)C1CCC[C@@H]2CN(S(C)(=O)=O)C[C@H]12. The van der Waals surface area contributed by atoms with E-state index >= 15 is 0 Å². The van der Waals surface area contributed by atoms with E-state index in [1.54, 1.807) is 4.31 Å². The van der Waals surface area contributed by atoms with Gasteiger partial charge in [0, 0.05) is 38.1 Å². The van der Waals surface area contributed by atoms with Crippen LogP contribution >= 0.6 is 0 Å². The minimum Gasteiger partial charge on any atom is -0.299 e. The van der Waals surface area contributed by atoms with Crippen LogP contribution in [-0.2, 0) is 16.6 Å². The van der Waals surface area contributed by atoms with Crippen molar-refractivity contribution >= 4 is 10.0 Å². The molecule has 6 heteroatoms. The van der Waals surface area contributed by atoms with Gasteiger partial charge in [-0.15, -0.1) is 0 Å². The number of hydrogen-bond donors (Lipinski definition) is 0. The Morgan fingerprint density at radius 3 is 2.68 bits per heavy atom. The van der Waals surface area contributed by atoms with Gasteiger partial charge in [0.1, 0.15) is 0 Å². The van der Waals surface area contributed by atoms with E-state index < -0.39 is 10.0 Å². The summed E-state index contributed by atoms with van der Waals surface area (Å²) in [6.45, 7) is 2.30. The molecule has 1 aliphatic heterocycles.